The van der Waals surface area contributed by atoms with Crippen LogP contribution < -0.4 is 14.8 Å². The summed E-state index contributed by atoms with van der Waals surface area (Å²) in [5.41, 5.74) is 1.10. The summed E-state index contributed by atoms with van der Waals surface area (Å²) in [6.45, 7) is 1.82. The number of ether oxygens (including phenoxy) is 2. The monoisotopic (exact) mass is 352 g/mol. The fourth-order valence-corrected chi connectivity index (χ4v) is 3.51. The van der Waals surface area contributed by atoms with Crippen LogP contribution >= 0.6 is 11.3 Å². The minimum Gasteiger partial charge on any atom is -0.492 e. The van der Waals surface area contributed by atoms with Crippen LogP contribution in [0.15, 0.2) is 60.1 Å². The predicted octanol–water partition coefficient (Wildman–Crippen LogP) is 4.73. The van der Waals surface area contributed by atoms with Crippen molar-refractivity contribution in [2.45, 2.75) is 18.9 Å². The van der Waals surface area contributed by atoms with Gasteiger partial charge in [-0.1, -0.05) is 0 Å². The lowest BCUT2D eigenvalue weighted by molar-refractivity contribution is 0.277. The third-order valence-electron chi connectivity index (χ3n) is 4.21. The number of nitrogens with zero attached hydrogens (tertiary/aromatic N) is 1. The van der Waals surface area contributed by atoms with Crippen molar-refractivity contribution in [3.8, 4) is 27.8 Å². The summed E-state index contributed by atoms with van der Waals surface area (Å²) in [6, 6.07) is 16.2. The Morgan fingerprint density at radius 1 is 1.00 bits per heavy atom. The molecule has 0 spiro atoms. The largest absolute Gasteiger partial charge is 0.492 e. The Balaban J connectivity index is 1.34. The molecule has 1 aliphatic rings. The minimum absolute atomic E-state index is 0.479. The van der Waals surface area contributed by atoms with E-state index in [1.54, 1.807) is 11.3 Å². The van der Waals surface area contributed by atoms with Gasteiger partial charge in [0.15, 0.2) is 0 Å². The summed E-state index contributed by atoms with van der Waals surface area (Å²) < 4.78 is 11.7. The van der Waals surface area contributed by atoms with E-state index in [2.05, 4.69) is 10.3 Å². The second-order valence-electron chi connectivity index (χ2n) is 6.04. The van der Waals surface area contributed by atoms with Crippen LogP contribution in [0.5, 0.6) is 17.2 Å². The Bertz CT molecular complexity index is 780. The molecule has 1 saturated heterocycles. The number of thiazole rings is 1. The van der Waals surface area contributed by atoms with E-state index < -0.39 is 0 Å². The Hall–Kier alpha value is -2.37. The first-order valence-electron chi connectivity index (χ1n) is 8.51. The van der Waals surface area contributed by atoms with Crippen molar-refractivity contribution in [2.24, 2.45) is 0 Å². The van der Waals surface area contributed by atoms with E-state index in [1.807, 2.05) is 60.1 Å². The average Bonchev–Trinajstić information content (AvgIpc) is 3.36. The molecule has 1 aromatic heterocycles. The zero-order valence-corrected chi connectivity index (χ0v) is 14.7. The molecule has 4 rings (SSSR count). The molecule has 2 heterocycles. The van der Waals surface area contributed by atoms with Gasteiger partial charge in [0.2, 0.25) is 0 Å². The fraction of sp³-hybridized carbons (Fsp3) is 0.250. The van der Waals surface area contributed by atoms with Gasteiger partial charge in [-0.3, -0.25) is 0 Å². The first kappa shape index (κ1) is 16.1. The summed E-state index contributed by atoms with van der Waals surface area (Å²) >= 11 is 1.63. The van der Waals surface area contributed by atoms with Crippen LogP contribution in [0.2, 0.25) is 0 Å². The molecule has 1 atom stereocenters. The van der Waals surface area contributed by atoms with Crippen LogP contribution in [0.25, 0.3) is 10.6 Å². The Labute approximate surface area is 151 Å². The smallest absolute Gasteiger partial charge is 0.127 e. The number of rotatable bonds is 6. The highest BCUT2D eigenvalue weighted by Crippen LogP contribution is 2.27. The quantitative estimate of drug-likeness (QED) is 0.696. The van der Waals surface area contributed by atoms with Gasteiger partial charge in [0.05, 0.1) is 0 Å². The van der Waals surface area contributed by atoms with Crippen LogP contribution in [-0.4, -0.2) is 24.2 Å². The Morgan fingerprint density at radius 3 is 2.36 bits per heavy atom. The molecule has 128 valence electrons. The zero-order chi connectivity index (χ0) is 16.9. The first-order valence-corrected chi connectivity index (χ1v) is 9.39. The maximum absolute atomic E-state index is 5.90. The maximum Gasteiger partial charge on any atom is 0.127 e. The zero-order valence-electron chi connectivity index (χ0n) is 13.9. The lowest BCUT2D eigenvalue weighted by atomic mass is 10.2. The summed E-state index contributed by atoms with van der Waals surface area (Å²) in [7, 11) is 0. The van der Waals surface area contributed by atoms with E-state index in [0.29, 0.717) is 6.04 Å². The number of benzene rings is 2. The molecule has 1 N–H and O–H groups in total. The molecule has 3 aromatic rings. The molecule has 0 saturated carbocycles. The van der Waals surface area contributed by atoms with E-state index in [4.69, 9.17) is 9.47 Å². The summed E-state index contributed by atoms with van der Waals surface area (Å²) in [5, 5.41) is 6.43. The highest BCUT2D eigenvalue weighted by molar-refractivity contribution is 7.13. The Kier molecular flexibility index (Phi) is 4.95. The average molecular weight is 352 g/mol. The van der Waals surface area contributed by atoms with E-state index in [0.717, 1.165) is 41.0 Å². The topological polar surface area (TPSA) is 43.4 Å². The molecular formula is C20H20N2O2S. The SMILES string of the molecule is c1csc(-c2ccc(Oc3ccc(OCC4CCCN4)cc3)cc2)n1. The predicted molar refractivity (Wildman–Crippen MR) is 101 cm³/mol. The van der Waals surface area contributed by atoms with E-state index in [1.165, 1.54) is 12.8 Å². The minimum atomic E-state index is 0.479. The number of aromatic nitrogens is 1. The van der Waals surface area contributed by atoms with Crippen molar-refractivity contribution in [1.82, 2.24) is 10.3 Å². The second-order valence-corrected chi connectivity index (χ2v) is 6.93. The fourth-order valence-electron chi connectivity index (χ4n) is 2.87. The maximum atomic E-state index is 5.90. The van der Waals surface area contributed by atoms with Crippen LogP contribution in [0, 0.1) is 0 Å². The van der Waals surface area contributed by atoms with Crippen molar-refractivity contribution < 1.29 is 9.47 Å². The molecule has 1 unspecified atom stereocenters. The van der Waals surface area contributed by atoms with Gasteiger partial charge in [-0.25, -0.2) is 4.98 Å². The number of hydrogen-bond donors (Lipinski definition) is 1. The Morgan fingerprint density at radius 2 is 1.72 bits per heavy atom. The molecule has 25 heavy (non-hydrogen) atoms. The molecule has 0 aliphatic carbocycles. The first-order chi connectivity index (χ1) is 12.4. The van der Waals surface area contributed by atoms with E-state index >= 15 is 0 Å². The van der Waals surface area contributed by atoms with Crippen molar-refractivity contribution in [2.75, 3.05) is 13.2 Å². The van der Waals surface area contributed by atoms with Gasteiger partial charge < -0.3 is 14.8 Å². The summed E-state index contributed by atoms with van der Waals surface area (Å²) in [5.74, 6) is 2.48. The molecule has 1 fully saturated rings. The third kappa shape index (κ3) is 4.18. The summed E-state index contributed by atoms with van der Waals surface area (Å²) in [6.07, 6.45) is 4.25. The lowest BCUT2D eigenvalue weighted by Gasteiger charge is -2.12. The lowest BCUT2D eigenvalue weighted by Crippen LogP contribution is -2.28. The standard InChI is InChI=1S/C20H20N2O2S/c1-2-16(21-11-1)14-23-17-7-9-19(10-8-17)24-18-5-3-15(4-6-18)20-22-12-13-25-20/h3-10,12-13,16,21H,1-2,11,14H2. The van der Waals surface area contributed by atoms with Crippen LogP contribution in [-0.2, 0) is 0 Å². The van der Waals surface area contributed by atoms with E-state index in [9.17, 15) is 0 Å². The van der Waals surface area contributed by atoms with Crippen molar-refractivity contribution in [1.29, 1.82) is 0 Å². The van der Waals surface area contributed by atoms with Gasteiger partial charge in [-0.2, -0.15) is 0 Å². The second kappa shape index (κ2) is 7.68. The van der Waals surface area contributed by atoms with Crippen molar-refractivity contribution in [3.05, 3.63) is 60.1 Å². The highest BCUT2D eigenvalue weighted by Gasteiger charge is 2.14. The summed E-state index contributed by atoms with van der Waals surface area (Å²) in [4.78, 5) is 4.32. The molecule has 1 aliphatic heterocycles. The van der Waals surface area contributed by atoms with Crippen molar-refractivity contribution in [3.63, 3.8) is 0 Å². The molecule has 0 bridgehead atoms. The number of hydrogen-bond acceptors (Lipinski definition) is 5. The van der Waals surface area contributed by atoms with Gasteiger partial charge in [0, 0.05) is 23.2 Å². The highest BCUT2D eigenvalue weighted by atomic mass is 32.1. The van der Waals surface area contributed by atoms with Gasteiger partial charge in [-0.05, 0) is 67.9 Å². The van der Waals surface area contributed by atoms with Crippen LogP contribution in [0.1, 0.15) is 12.8 Å². The molecule has 0 radical (unpaired) electrons. The van der Waals surface area contributed by atoms with Gasteiger partial charge in [-0.15, -0.1) is 11.3 Å². The van der Waals surface area contributed by atoms with Crippen LogP contribution in [0.3, 0.4) is 0 Å². The molecule has 2 aromatic carbocycles. The van der Waals surface area contributed by atoms with Gasteiger partial charge >= 0.3 is 0 Å². The molecule has 5 heteroatoms. The third-order valence-corrected chi connectivity index (χ3v) is 5.03. The molecule has 4 nitrogen and oxygen atoms in total. The van der Waals surface area contributed by atoms with E-state index in [-0.39, 0.29) is 0 Å². The van der Waals surface area contributed by atoms with Gasteiger partial charge in [0.1, 0.15) is 28.9 Å². The molecular weight excluding hydrogens is 332 g/mol. The van der Waals surface area contributed by atoms with Gasteiger partial charge in [0.25, 0.3) is 0 Å². The number of nitrogens with one attached hydrogen (secondary N) is 1. The normalized spacial score (nSPS) is 16.7. The van der Waals surface area contributed by atoms with Crippen molar-refractivity contribution >= 4 is 11.3 Å². The van der Waals surface area contributed by atoms with Crippen LogP contribution in [0.4, 0.5) is 0 Å². The molecule has 0 amide bonds.